The second-order valence-corrected chi connectivity index (χ2v) is 4.39. The van der Waals surface area contributed by atoms with Gasteiger partial charge in [0.2, 0.25) is 0 Å². The van der Waals surface area contributed by atoms with Gasteiger partial charge in [0.1, 0.15) is 0 Å². The summed E-state index contributed by atoms with van der Waals surface area (Å²) in [5, 5.41) is 2.05. The Labute approximate surface area is 94.7 Å². The number of nitrogens with zero attached hydrogens (tertiary/aromatic N) is 1. The van der Waals surface area contributed by atoms with Crippen LogP contribution >= 0.6 is 11.3 Å². The number of carbonyl (C=O) groups is 1. The quantitative estimate of drug-likeness (QED) is 0.723. The molecule has 1 heterocycles. The second kappa shape index (κ2) is 5.88. The molecule has 1 atom stereocenters. The lowest BCUT2D eigenvalue weighted by atomic mass is 10.2. The predicted molar refractivity (Wildman–Crippen MR) is 62.0 cm³/mol. The third-order valence-electron chi connectivity index (χ3n) is 2.30. The summed E-state index contributed by atoms with van der Waals surface area (Å²) < 4.78 is 4.90. The molecule has 0 aliphatic heterocycles. The minimum Gasteiger partial charge on any atom is -0.465 e. The van der Waals surface area contributed by atoms with E-state index < -0.39 is 0 Å². The van der Waals surface area contributed by atoms with Gasteiger partial charge >= 0.3 is 5.97 Å². The van der Waals surface area contributed by atoms with Crippen molar-refractivity contribution in [3.63, 3.8) is 0 Å². The minimum atomic E-state index is -0.164. The monoisotopic (exact) mass is 227 g/mol. The van der Waals surface area contributed by atoms with Crippen LogP contribution in [0.5, 0.6) is 0 Å². The number of hydrogen-bond donors (Lipinski definition) is 0. The molecule has 15 heavy (non-hydrogen) atoms. The van der Waals surface area contributed by atoms with E-state index in [1.807, 2.05) is 30.3 Å². The Morgan fingerprint density at radius 3 is 2.93 bits per heavy atom. The zero-order valence-corrected chi connectivity index (χ0v) is 10.2. The maximum atomic E-state index is 11.3. The molecule has 0 aliphatic carbocycles. The third kappa shape index (κ3) is 3.64. The molecule has 0 aromatic carbocycles. The van der Waals surface area contributed by atoms with Crippen LogP contribution in [0.2, 0.25) is 0 Å². The van der Waals surface area contributed by atoms with E-state index >= 15 is 0 Å². The molecule has 84 valence electrons. The summed E-state index contributed by atoms with van der Waals surface area (Å²) in [6.07, 6.45) is 0. The number of carbonyl (C=O) groups excluding carboxylic acids is 1. The fourth-order valence-corrected chi connectivity index (χ4v) is 2.14. The van der Waals surface area contributed by atoms with Crippen molar-refractivity contribution >= 4 is 17.3 Å². The molecular weight excluding hydrogens is 210 g/mol. The summed E-state index contributed by atoms with van der Waals surface area (Å²) >= 11 is 1.71. The predicted octanol–water partition coefficient (Wildman–Crippen LogP) is 2.30. The van der Waals surface area contributed by atoms with Gasteiger partial charge in [-0.2, -0.15) is 0 Å². The van der Waals surface area contributed by atoms with Crippen molar-refractivity contribution in [2.24, 2.45) is 0 Å². The lowest BCUT2D eigenvalue weighted by molar-refractivity contribution is -0.144. The molecule has 0 saturated carbocycles. The van der Waals surface area contributed by atoms with Crippen LogP contribution in [-0.4, -0.2) is 31.1 Å². The van der Waals surface area contributed by atoms with Gasteiger partial charge < -0.3 is 4.74 Å². The van der Waals surface area contributed by atoms with Crippen LogP contribution in [0.1, 0.15) is 24.8 Å². The third-order valence-corrected chi connectivity index (χ3v) is 3.34. The van der Waals surface area contributed by atoms with E-state index in [1.165, 1.54) is 4.88 Å². The van der Waals surface area contributed by atoms with Crippen molar-refractivity contribution in [3.8, 4) is 0 Å². The Hall–Kier alpha value is -0.870. The summed E-state index contributed by atoms with van der Waals surface area (Å²) in [6, 6.07) is 4.36. The van der Waals surface area contributed by atoms with Crippen LogP contribution in [0.4, 0.5) is 0 Å². The van der Waals surface area contributed by atoms with Crippen molar-refractivity contribution < 1.29 is 9.53 Å². The highest BCUT2D eigenvalue weighted by molar-refractivity contribution is 7.10. The zero-order valence-electron chi connectivity index (χ0n) is 9.40. The van der Waals surface area contributed by atoms with Gasteiger partial charge in [-0.1, -0.05) is 6.07 Å². The average Bonchev–Trinajstić information content (AvgIpc) is 2.69. The highest BCUT2D eigenvalue weighted by Crippen LogP contribution is 2.22. The highest BCUT2D eigenvalue weighted by Gasteiger charge is 2.15. The van der Waals surface area contributed by atoms with Crippen molar-refractivity contribution in [3.05, 3.63) is 22.4 Å². The number of likely N-dealkylation sites (N-methyl/N-ethyl adjacent to an activating group) is 1. The van der Waals surface area contributed by atoms with Crippen molar-refractivity contribution in [2.75, 3.05) is 20.2 Å². The molecule has 1 aromatic rings. The molecule has 0 bridgehead atoms. The van der Waals surface area contributed by atoms with Gasteiger partial charge in [0.15, 0.2) is 0 Å². The van der Waals surface area contributed by atoms with Crippen molar-refractivity contribution in [1.82, 2.24) is 4.90 Å². The maximum absolute atomic E-state index is 11.3. The normalized spacial score (nSPS) is 12.8. The Morgan fingerprint density at radius 2 is 2.40 bits per heavy atom. The van der Waals surface area contributed by atoms with Crippen LogP contribution in [0, 0.1) is 0 Å². The lowest BCUT2D eigenvalue weighted by Crippen LogP contribution is -2.29. The Kier molecular flexibility index (Phi) is 4.78. The number of rotatable bonds is 5. The van der Waals surface area contributed by atoms with Gasteiger partial charge in [-0.15, -0.1) is 11.3 Å². The number of ether oxygens (including phenoxy) is 1. The standard InChI is InChI=1S/C11H17NO2S/c1-4-14-11(13)8-12(3)9(2)10-6-5-7-15-10/h5-7,9H,4,8H2,1-3H3. The van der Waals surface area contributed by atoms with E-state index in [9.17, 15) is 4.79 Å². The highest BCUT2D eigenvalue weighted by atomic mass is 32.1. The lowest BCUT2D eigenvalue weighted by Gasteiger charge is -2.22. The van der Waals surface area contributed by atoms with E-state index in [4.69, 9.17) is 4.74 Å². The van der Waals surface area contributed by atoms with Gasteiger partial charge in [-0.05, 0) is 32.3 Å². The van der Waals surface area contributed by atoms with E-state index in [0.29, 0.717) is 13.2 Å². The van der Waals surface area contributed by atoms with Crippen molar-refractivity contribution in [1.29, 1.82) is 0 Å². The summed E-state index contributed by atoms with van der Waals surface area (Å²) in [7, 11) is 1.93. The van der Waals surface area contributed by atoms with Gasteiger partial charge in [-0.3, -0.25) is 9.69 Å². The van der Waals surface area contributed by atoms with E-state index in [0.717, 1.165) is 0 Å². The maximum Gasteiger partial charge on any atom is 0.320 e. The number of thiophene rings is 1. The van der Waals surface area contributed by atoms with Crippen LogP contribution in [0.3, 0.4) is 0 Å². The largest absolute Gasteiger partial charge is 0.465 e. The minimum absolute atomic E-state index is 0.164. The number of esters is 1. The summed E-state index contributed by atoms with van der Waals surface area (Å²) in [6.45, 7) is 4.69. The molecule has 3 nitrogen and oxygen atoms in total. The first-order valence-corrected chi connectivity index (χ1v) is 5.92. The van der Waals surface area contributed by atoms with Crippen LogP contribution in [-0.2, 0) is 9.53 Å². The Morgan fingerprint density at radius 1 is 1.67 bits per heavy atom. The summed E-state index contributed by atoms with van der Waals surface area (Å²) in [5.41, 5.74) is 0. The fourth-order valence-electron chi connectivity index (χ4n) is 1.29. The summed E-state index contributed by atoms with van der Waals surface area (Å²) in [5.74, 6) is -0.164. The summed E-state index contributed by atoms with van der Waals surface area (Å²) in [4.78, 5) is 14.5. The molecule has 0 amide bonds. The fraction of sp³-hybridized carbons (Fsp3) is 0.545. The molecular formula is C11H17NO2S. The molecule has 1 rings (SSSR count). The zero-order chi connectivity index (χ0) is 11.3. The first-order chi connectivity index (χ1) is 7.15. The Bertz CT molecular complexity index is 298. The molecule has 0 spiro atoms. The van der Waals surface area contributed by atoms with Gasteiger partial charge in [0.25, 0.3) is 0 Å². The SMILES string of the molecule is CCOC(=O)CN(C)C(C)c1cccs1. The Balaban J connectivity index is 2.46. The molecule has 0 aliphatic rings. The van der Waals surface area contributed by atoms with E-state index in [2.05, 4.69) is 13.0 Å². The second-order valence-electron chi connectivity index (χ2n) is 3.41. The molecule has 4 heteroatoms. The smallest absolute Gasteiger partial charge is 0.320 e. The van der Waals surface area contributed by atoms with Gasteiger partial charge in [0.05, 0.1) is 13.2 Å². The van der Waals surface area contributed by atoms with Gasteiger partial charge in [0, 0.05) is 10.9 Å². The van der Waals surface area contributed by atoms with E-state index in [1.54, 1.807) is 11.3 Å². The first-order valence-electron chi connectivity index (χ1n) is 5.04. The molecule has 0 N–H and O–H groups in total. The average molecular weight is 227 g/mol. The molecule has 0 radical (unpaired) electrons. The number of hydrogen-bond acceptors (Lipinski definition) is 4. The molecule has 0 saturated heterocycles. The molecule has 1 unspecified atom stereocenters. The first kappa shape index (κ1) is 12.2. The van der Waals surface area contributed by atoms with Crippen LogP contribution in [0.15, 0.2) is 17.5 Å². The molecule has 0 fully saturated rings. The van der Waals surface area contributed by atoms with E-state index in [-0.39, 0.29) is 12.0 Å². The molecule has 1 aromatic heterocycles. The van der Waals surface area contributed by atoms with Crippen LogP contribution < -0.4 is 0 Å². The van der Waals surface area contributed by atoms with Crippen molar-refractivity contribution in [2.45, 2.75) is 19.9 Å². The van der Waals surface area contributed by atoms with Gasteiger partial charge in [-0.25, -0.2) is 0 Å². The van der Waals surface area contributed by atoms with Crippen LogP contribution in [0.25, 0.3) is 0 Å². The topological polar surface area (TPSA) is 29.5 Å².